The number of methoxy groups -OCH3 is 1. The molecular weight excluding hydrogens is 314 g/mol. The lowest BCUT2D eigenvalue weighted by Crippen LogP contribution is -2.33. The first-order chi connectivity index (χ1) is 11.1. The van der Waals surface area contributed by atoms with Gasteiger partial charge in [0.2, 0.25) is 11.8 Å². The van der Waals surface area contributed by atoms with Crippen LogP contribution >= 0.6 is 11.3 Å². The molecule has 0 radical (unpaired) electrons. The van der Waals surface area contributed by atoms with E-state index in [1.165, 1.54) is 23.3 Å². The number of ether oxygens (including phenoxy) is 1. The van der Waals surface area contributed by atoms with Gasteiger partial charge in [0.1, 0.15) is 5.00 Å². The lowest BCUT2D eigenvalue weighted by atomic mass is 9.85. The number of amides is 2. The fraction of sp³-hybridized carbons (Fsp3) is 0.471. The van der Waals surface area contributed by atoms with Crippen molar-refractivity contribution in [3.05, 3.63) is 28.7 Å². The molecule has 0 aromatic carbocycles. The molecule has 2 aliphatic carbocycles. The summed E-state index contributed by atoms with van der Waals surface area (Å²) >= 11 is 1.33. The lowest BCUT2D eigenvalue weighted by molar-refractivity contribution is -0.123. The Bertz CT molecular complexity index is 720. The minimum absolute atomic E-state index is 0.161. The Morgan fingerprint density at radius 2 is 1.87 bits per heavy atom. The van der Waals surface area contributed by atoms with Gasteiger partial charge >= 0.3 is 5.97 Å². The Balaban J connectivity index is 1.77. The van der Waals surface area contributed by atoms with Gasteiger partial charge in [-0.15, -0.1) is 11.3 Å². The lowest BCUT2D eigenvalue weighted by Gasteiger charge is -2.16. The van der Waals surface area contributed by atoms with Crippen molar-refractivity contribution in [1.82, 2.24) is 0 Å². The van der Waals surface area contributed by atoms with Gasteiger partial charge in [-0.3, -0.25) is 9.59 Å². The van der Waals surface area contributed by atoms with Crippen LogP contribution in [0.3, 0.4) is 0 Å². The summed E-state index contributed by atoms with van der Waals surface area (Å²) in [6, 6.07) is 1.73. The third kappa shape index (κ3) is 1.87. The number of imide groups is 1. The molecule has 1 saturated heterocycles. The number of nitrogens with zero attached hydrogens (tertiary/aromatic N) is 1. The van der Waals surface area contributed by atoms with Gasteiger partial charge in [0.15, 0.2) is 0 Å². The number of esters is 1. The molecule has 0 spiro atoms. The molecule has 1 aliphatic heterocycles. The summed E-state index contributed by atoms with van der Waals surface area (Å²) in [6.45, 7) is 1.98. The first kappa shape index (κ1) is 14.6. The predicted molar refractivity (Wildman–Crippen MR) is 85.2 cm³/mol. The fourth-order valence-electron chi connectivity index (χ4n) is 4.13. The number of rotatable bonds is 3. The van der Waals surface area contributed by atoms with E-state index in [-0.39, 0.29) is 35.5 Å². The van der Waals surface area contributed by atoms with Crippen LogP contribution in [-0.4, -0.2) is 24.9 Å². The molecule has 1 aromatic heterocycles. The zero-order valence-corrected chi connectivity index (χ0v) is 13.8. The molecule has 1 saturated carbocycles. The van der Waals surface area contributed by atoms with E-state index >= 15 is 0 Å². The molecule has 2 fully saturated rings. The second kappa shape index (κ2) is 5.03. The highest BCUT2D eigenvalue weighted by atomic mass is 32.1. The average molecular weight is 331 g/mol. The number of thiophene rings is 1. The molecule has 4 atom stereocenters. The summed E-state index contributed by atoms with van der Waals surface area (Å²) in [5, 5.41) is 0.428. The van der Waals surface area contributed by atoms with Crippen molar-refractivity contribution in [3.63, 3.8) is 0 Å². The Kier molecular flexibility index (Phi) is 3.20. The van der Waals surface area contributed by atoms with Crippen molar-refractivity contribution in [2.75, 3.05) is 12.0 Å². The second-order valence-corrected chi connectivity index (χ2v) is 7.40. The molecule has 4 rings (SSSR count). The van der Waals surface area contributed by atoms with Crippen LogP contribution in [0.15, 0.2) is 18.2 Å². The third-order valence-corrected chi connectivity index (χ3v) is 6.46. The number of fused-ring (bicyclic) bond motifs is 5. The van der Waals surface area contributed by atoms with Crippen LogP contribution in [0.2, 0.25) is 0 Å². The molecule has 120 valence electrons. The molecular formula is C17H17NO4S. The summed E-state index contributed by atoms with van der Waals surface area (Å²) in [5.41, 5.74) is 0.316. The summed E-state index contributed by atoms with van der Waals surface area (Å²) in [4.78, 5) is 40.0. The van der Waals surface area contributed by atoms with E-state index < -0.39 is 5.97 Å². The Morgan fingerprint density at radius 1 is 1.26 bits per heavy atom. The monoisotopic (exact) mass is 331 g/mol. The van der Waals surface area contributed by atoms with Crippen LogP contribution < -0.4 is 4.90 Å². The van der Waals surface area contributed by atoms with Gasteiger partial charge in [0.25, 0.3) is 0 Å². The maximum atomic E-state index is 12.9. The third-order valence-electron chi connectivity index (χ3n) is 5.19. The smallest absolute Gasteiger partial charge is 0.340 e. The fourth-order valence-corrected chi connectivity index (χ4v) is 5.22. The first-order valence-electron chi connectivity index (χ1n) is 7.84. The van der Waals surface area contributed by atoms with Crippen molar-refractivity contribution in [2.45, 2.75) is 19.8 Å². The van der Waals surface area contributed by atoms with E-state index in [1.54, 1.807) is 6.07 Å². The minimum Gasteiger partial charge on any atom is -0.465 e. The SMILES string of the molecule is CCc1cc(C(=O)OC)c(N2C(=O)[C@@H]3[C@H](C2=O)[C@@H]2C=C[C@@H]3C2)s1. The number of hydrogen-bond donors (Lipinski definition) is 0. The maximum Gasteiger partial charge on any atom is 0.340 e. The molecule has 0 N–H and O–H groups in total. The van der Waals surface area contributed by atoms with Crippen LogP contribution in [0.5, 0.6) is 0 Å². The van der Waals surface area contributed by atoms with Crippen LogP contribution in [0.4, 0.5) is 5.00 Å². The minimum atomic E-state index is -0.505. The molecule has 2 heterocycles. The molecule has 23 heavy (non-hydrogen) atoms. The predicted octanol–water partition coefficient (Wildman–Crippen LogP) is 2.41. The van der Waals surface area contributed by atoms with Crippen molar-refractivity contribution in [3.8, 4) is 0 Å². The molecule has 1 aromatic rings. The first-order valence-corrected chi connectivity index (χ1v) is 8.65. The normalized spacial score (nSPS) is 31.1. The number of carbonyl (C=O) groups is 3. The van der Waals surface area contributed by atoms with Gasteiger partial charge in [-0.1, -0.05) is 19.1 Å². The molecule has 5 nitrogen and oxygen atoms in total. The highest BCUT2D eigenvalue weighted by molar-refractivity contribution is 7.17. The summed E-state index contributed by atoms with van der Waals surface area (Å²) in [6.07, 6.45) is 5.76. The number of hydrogen-bond acceptors (Lipinski definition) is 5. The van der Waals surface area contributed by atoms with Gasteiger partial charge in [-0.2, -0.15) is 0 Å². The van der Waals surface area contributed by atoms with Crippen LogP contribution in [0.25, 0.3) is 0 Å². The van der Waals surface area contributed by atoms with E-state index in [9.17, 15) is 14.4 Å². The number of carbonyl (C=O) groups excluding carboxylic acids is 3. The number of aryl methyl sites for hydroxylation is 1. The second-order valence-electron chi connectivity index (χ2n) is 6.29. The van der Waals surface area contributed by atoms with E-state index in [0.717, 1.165) is 17.7 Å². The average Bonchev–Trinajstić information content (AvgIpc) is 3.29. The van der Waals surface area contributed by atoms with Gasteiger partial charge in [0, 0.05) is 4.88 Å². The van der Waals surface area contributed by atoms with Gasteiger partial charge in [-0.25, -0.2) is 9.69 Å². The number of allylic oxidation sites excluding steroid dienone is 2. The van der Waals surface area contributed by atoms with Crippen molar-refractivity contribution >= 4 is 34.1 Å². The largest absolute Gasteiger partial charge is 0.465 e. The van der Waals surface area contributed by atoms with Gasteiger partial charge < -0.3 is 4.74 Å². The molecule has 2 bridgehead atoms. The maximum absolute atomic E-state index is 12.9. The zero-order valence-electron chi connectivity index (χ0n) is 12.9. The van der Waals surface area contributed by atoms with Crippen LogP contribution in [0, 0.1) is 23.7 Å². The quantitative estimate of drug-likeness (QED) is 0.485. The van der Waals surface area contributed by atoms with Gasteiger partial charge in [-0.05, 0) is 30.7 Å². The topological polar surface area (TPSA) is 63.7 Å². The summed E-state index contributed by atoms with van der Waals surface area (Å²) in [5.74, 6) is -1.00. The molecule has 6 heteroatoms. The number of anilines is 1. The highest BCUT2D eigenvalue weighted by Gasteiger charge is 2.60. The van der Waals surface area contributed by atoms with Crippen LogP contribution in [0.1, 0.15) is 28.6 Å². The van der Waals surface area contributed by atoms with Crippen molar-refractivity contribution in [2.24, 2.45) is 23.7 Å². The highest BCUT2D eigenvalue weighted by Crippen LogP contribution is 2.54. The van der Waals surface area contributed by atoms with E-state index in [0.29, 0.717) is 10.6 Å². The Morgan fingerprint density at radius 3 is 2.39 bits per heavy atom. The molecule has 0 unspecified atom stereocenters. The Hall–Kier alpha value is -1.95. The Labute approximate surface area is 137 Å². The molecule has 3 aliphatic rings. The van der Waals surface area contributed by atoms with E-state index in [2.05, 4.69) is 12.2 Å². The summed E-state index contributed by atoms with van der Waals surface area (Å²) < 4.78 is 4.82. The standard InChI is InChI=1S/C17H17NO4S/c1-3-10-7-11(17(21)22-2)16(23-10)18-14(19)12-8-4-5-9(6-8)13(12)15(18)20/h4-5,7-9,12-13H,3,6H2,1-2H3/t8-,9-,12-,13+/m1/s1. The summed E-state index contributed by atoms with van der Waals surface area (Å²) in [7, 11) is 1.31. The zero-order chi connectivity index (χ0) is 16.3. The van der Waals surface area contributed by atoms with Gasteiger partial charge in [0.05, 0.1) is 24.5 Å². The van der Waals surface area contributed by atoms with Crippen molar-refractivity contribution < 1.29 is 19.1 Å². The molecule has 2 amide bonds. The van der Waals surface area contributed by atoms with E-state index in [1.807, 2.05) is 6.92 Å². The van der Waals surface area contributed by atoms with Crippen LogP contribution in [-0.2, 0) is 20.7 Å². The van der Waals surface area contributed by atoms with E-state index in [4.69, 9.17) is 4.74 Å². The van der Waals surface area contributed by atoms with Crippen molar-refractivity contribution in [1.29, 1.82) is 0 Å².